The molecule has 0 saturated heterocycles. The maximum Gasteiger partial charge on any atom is 0.407 e. The summed E-state index contributed by atoms with van der Waals surface area (Å²) >= 11 is 0. The SMILES string of the molecule is CC(C)(C)OC(=O)NCc1ccc(C(C(C(=O)OCc2ccccc2)C(=O)OCc2ccccc2)C(C(=O)OCc2ccccc2)C(=O)OCc2ccccc2)cc1. The second-order valence-corrected chi connectivity index (χ2v) is 14.5. The van der Waals surface area contributed by atoms with Crippen molar-refractivity contribution in [2.75, 3.05) is 0 Å². The average molecular weight is 786 g/mol. The molecule has 0 bridgehead atoms. The number of nitrogens with one attached hydrogen (secondary N) is 1. The zero-order chi connectivity index (χ0) is 41.3. The molecule has 0 atom stereocenters. The van der Waals surface area contributed by atoms with Gasteiger partial charge in [0.1, 0.15) is 32.0 Å². The third-order valence-electron chi connectivity index (χ3n) is 8.83. The Labute approximate surface area is 338 Å². The molecule has 0 aliphatic rings. The molecule has 5 aromatic carbocycles. The van der Waals surface area contributed by atoms with E-state index in [1.807, 2.05) is 24.3 Å². The minimum absolute atomic E-state index is 0.0726. The van der Waals surface area contributed by atoms with E-state index in [0.717, 1.165) is 0 Å². The van der Waals surface area contributed by atoms with Gasteiger partial charge in [0, 0.05) is 12.5 Å². The second-order valence-electron chi connectivity index (χ2n) is 14.5. The minimum atomic E-state index is -1.85. The molecule has 5 aromatic rings. The van der Waals surface area contributed by atoms with Gasteiger partial charge in [0.2, 0.25) is 0 Å². The number of carbonyl (C=O) groups is 5. The van der Waals surface area contributed by atoms with Gasteiger partial charge < -0.3 is 29.0 Å². The lowest BCUT2D eigenvalue weighted by Gasteiger charge is -2.30. The summed E-state index contributed by atoms with van der Waals surface area (Å²) in [6.45, 7) is 4.51. The second kappa shape index (κ2) is 21.0. The molecule has 0 fully saturated rings. The van der Waals surface area contributed by atoms with Crippen molar-refractivity contribution in [1.29, 1.82) is 0 Å². The van der Waals surface area contributed by atoms with Crippen molar-refractivity contribution in [1.82, 2.24) is 5.32 Å². The van der Waals surface area contributed by atoms with Gasteiger partial charge in [-0.1, -0.05) is 146 Å². The Bertz CT molecular complexity index is 1860. The lowest BCUT2D eigenvalue weighted by atomic mass is 9.76. The third-order valence-corrected chi connectivity index (χ3v) is 8.83. The zero-order valence-electron chi connectivity index (χ0n) is 32.7. The van der Waals surface area contributed by atoms with Crippen LogP contribution in [0.1, 0.15) is 60.1 Å². The van der Waals surface area contributed by atoms with Crippen LogP contribution in [-0.2, 0) is 75.8 Å². The van der Waals surface area contributed by atoms with E-state index in [9.17, 15) is 24.0 Å². The number of hydrogen-bond donors (Lipinski definition) is 1. The molecule has 1 N–H and O–H groups in total. The number of carbonyl (C=O) groups excluding carboxylic acids is 5. The average Bonchev–Trinajstić information content (AvgIpc) is 3.23. The highest BCUT2D eigenvalue weighted by Crippen LogP contribution is 2.37. The molecule has 0 radical (unpaired) electrons. The number of esters is 4. The molecule has 1 amide bonds. The first kappa shape index (κ1) is 42.4. The molecule has 5 rings (SSSR count). The monoisotopic (exact) mass is 785 g/mol. The highest BCUT2D eigenvalue weighted by molar-refractivity contribution is 6.01. The van der Waals surface area contributed by atoms with E-state index in [0.29, 0.717) is 27.8 Å². The van der Waals surface area contributed by atoms with E-state index >= 15 is 0 Å². The normalized spacial score (nSPS) is 11.1. The van der Waals surface area contributed by atoms with Crippen molar-refractivity contribution in [3.63, 3.8) is 0 Å². The molecule has 0 aliphatic carbocycles. The van der Waals surface area contributed by atoms with Gasteiger partial charge in [0.25, 0.3) is 0 Å². The van der Waals surface area contributed by atoms with Crippen LogP contribution in [-0.4, -0.2) is 35.6 Å². The first-order valence-corrected chi connectivity index (χ1v) is 18.8. The molecule has 0 aliphatic heterocycles. The van der Waals surface area contributed by atoms with E-state index in [4.69, 9.17) is 23.7 Å². The highest BCUT2D eigenvalue weighted by Gasteiger charge is 2.50. The van der Waals surface area contributed by atoms with E-state index < -0.39 is 53.3 Å². The molecule has 58 heavy (non-hydrogen) atoms. The Morgan fingerprint density at radius 2 is 0.759 bits per heavy atom. The number of amides is 1. The number of alkyl carbamates (subject to hydrolysis) is 1. The Morgan fingerprint density at radius 3 is 1.05 bits per heavy atom. The minimum Gasteiger partial charge on any atom is -0.460 e. The largest absolute Gasteiger partial charge is 0.460 e. The van der Waals surface area contributed by atoms with E-state index in [1.165, 1.54) is 0 Å². The summed E-state index contributed by atoms with van der Waals surface area (Å²) in [6.07, 6.45) is -0.626. The topological polar surface area (TPSA) is 144 Å². The molecular formula is C47H47NO10. The van der Waals surface area contributed by atoms with Crippen LogP contribution in [0.2, 0.25) is 0 Å². The van der Waals surface area contributed by atoms with Gasteiger partial charge >= 0.3 is 30.0 Å². The maximum atomic E-state index is 14.4. The Balaban J connectivity index is 1.56. The molecule has 0 unspecified atom stereocenters. The van der Waals surface area contributed by atoms with Crippen molar-refractivity contribution in [2.24, 2.45) is 11.8 Å². The zero-order valence-corrected chi connectivity index (χ0v) is 32.7. The van der Waals surface area contributed by atoms with Crippen LogP contribution in [0, 0.1) is 11.8 Å². The van der Waals surface area contributed by atoms with Gasteiger partial charge in [0.05, 0.1) is 0 Å². The Hall–Kier alpha value is -6.75. The molecule has 300 valence electrons. The summed E-state index contributed by atoms with van der Waals surface area (Å²) in [5.74, 6) is -9.35. The predicted octanol–water partition coefficient (Wildman–Crippen LogP) is 8.00. The predicted molar refractivity (Wildman–Crippen MR) is 214 cm³/mol. The number of rotatable bonds is 17. The summed E-state index contributed by atoms with van der Waals surface area (Å²) in [5.41, 5.74) is 2.73. The lowest BCUT2D eigenvalue weighted by Crippen LogP contribution is -2.43. The quantitative estimate of drug-likeness (QED) is 0.0560. The summed E-state index contributed by atoms with van der Waals surface area (Å²) in [6, 6.07) is 41.9. The number of ether oxygens (including phenoxy) is 5. The maximum absolute atomic E-state index is 14.4. The van der Waals surface area contributed by atoms with Crippen LogP contribution in [0.5, 0.6) is 0 Å². The fraction of sp³-hybridized carbons (Fsp3) is 0.255. The van der Waals surface area contributed by atoms with Crippen molar-refractivity contribution < 1.29 is 47.7 Å². The Morgan fingerprint density at radius 1 is 0.448 bits per heavy atom. The number of benzene rings is 5. The summed E-state index contributed by atoms with van der Waals surface area (Å²) in [5, 5.41) is 2.69. The standard InChI is InChI=1S/C47H47NO10/c1-47(2,3)58-46(53)48-28-33-24-26-38(27-25-33)39(40(42(49)54-29-34-16-8-4-9-17-34)43(50)55-30-35-18-10-5-11-19-35)41(44(51)56-31-36-20-12-6-13-21-36)45(52)57-32-37-22-14-7-15-23-37/h4-27,39-41H,28-32H2,1-3H3,(H,48,53). The molecule has 11 heteroatoms. The van der Waals surface area contributed by atoms with E-state index in [-0.39, 0.29) is 38.5 Å². The van der Waals surface area contributed by atoms with Crippen LogP contribution in [0.25, 0.3) is 0 Å². The Kier molecular flexibility index (Phi) is 15.3. The molecule has 0 heterocycles. The van der Waals surface area contributed by atoms with E-state index in [2.05, 4.69) is 5.32 Å². The van der Waals surface area contributed by atoms with Gasteiger partial charge in [-0.3, -0.25) is 19.2 Å². The smallest absolute Gasteiger partial charge is 0.407 e. The van der Waals surface area contributed by atoms with Crippen molar-refractivity contribution >= 4 is 30.0 Å². The number of hydrogen-bond acceptors (Lipinski definition) is 10. The molecular weight excluding hydrogens is 739 g/mol. The van der Waals surface area contributed by atoms with Crippen molar-refractivity contribution in [2.45, 2.75) is 65.3 Å². The highest BCUT2D eigenvalue weighted by atomic mass is 16.6. The molecule has 0 aromatic heterocycles. The third kappa shape index (κ3) is 13.2. The van der Waals surface area contributed by atoms with Gasteiger partial charge in [-0.05, 0) is 54.2 Å². The van der Waals surface area contributed by atoms with Crippen LogP contribution in [0.4, 0.5) is 4.79 Å². The molecule has 0 saturated carbocycles. The first-order valence-electron chi connectivity index (χ1n) is 18.8. The van der Waals surface area contributed by atoms with Crippen molar-refractivity contribution in [3.8, 4) is 0 Å². The van der Waals surface area contributed by atoms with Gasteiger partial charge in [-0.25, -0.2) is 4.79 Å². The molecule has 11 nitrogen and oxygen atoms in total. The summed E-state index contributed by atoms with van der Waals surface area (Å²) in [4.78, 5) is 69.9. The first-order chi connectivity index (χ1) is 28.0. The van der Waals surface area contributed by atoms with E-state index in [1.54, 1.807) is 142 Å². The van der Waals surface area contributed by atoms with Crippen molar-refractivity contribution in [3.05, 3.63) is 179 Å². The molecule has 0 spiro atoms. The van der Waals surface area contributed by atoms with Crippen LogP contribution in [0.3, 0.4) is 0 Å². The summed E-state index contributed by atoms with van der Waals surface area (Å²) in [7, 11) is 0. The van der Waals surface area contributed by atoms with Gasteiger partial charge in [-0.15, -0.1) is 0 Å². The van der Waals surface area contributed by atoms with Gasteiger partial charge in [0.15, 0.2) is 11.8 Å². The fourth-order valence-electron chi connectivity index (χ4n) is 5.98. The summed E-state index contributed by atoms with van der Waals surface area (Å²) < 4.78 is 28.4. The fourth-order valence-corrected chi connectivity index (χ4v) is 5.98. The van der Waals surface area contributed by atoms with Crippen LogP contribution in [0.15, 0.2) is 146 Å². The lowest BCUT2D eigenvalue weighted by molar-refractivity contribution is -0.171. The van der Waals surface area contributed by atoms with Gasteiger partial charge in [-0.2, -0.15) is 0 Å². The van der Waals surface area contributed by atoms with Crippen LogP contribution < -0.4 is 5.32 Å². The van der Waals surface area contributed by atoms with Crippen LogP contribution >= 0.6 is 0 Å².